The largest absolute Gasteiger partial charge is 0.480 e. The molecule has 0 aliphatic rings. The highest BCUT2D eigenvalue weighted by Gasteiger charge is 2.05. The van der Waals surface area contributed by atoms with Gasteiger partial charge in [-0.3, -0.25) is 4.99 Å². The van der Waals surface area contributed by atoms with Crippen LogP contribution in [0.2, 0.25) is 0 Å². The molecule has 86 valence electrons. The molecule has 0 aromatic carbocycles. The number of hydrogen-bond acceptors (Lipinski definition) is 2. The van der Waals surface area contributed by atoms with Gasteiger partial charge in [-0.15, -0.1) is 0 Å². The van der Waals surface area contributed by atoms with Crippen LogP contribution in [-0.4, -0.2) is 23.3 Å². The number of hydrogen-bond donors (Lipinski definition) is 1. The lowest BCUT2D eigenvalue weighted by Crippen LogP contribution is -2.12. The van der Waals surface area contributed by atoms with Gasteiger partial charge in [0.25, 0.3) is 0 Å². The Bertz CT molecular complexity index is 362. The molecule has 0 aliphatic heterocycles. The van der Waals surface area contributed by atoms with Crippen LogP contribution in [0.5, 0.6) is 0 Å². The molecular weight excluding hydrogens is 202 g/mol. The molecule has 0 aromatic rings. The van der Waals surface area contributed by atoms with Crippen LogP contribution in [0, 0.1) is 0 Å². The first-order chi connectivity index (χ1) is 7.47. The summed E-state index contributed by atoms with van der Waals surface area (Å²) in [5, 5.41) is 8.61. The van der Waals surface area contributed by atoms with E-state index < -0.39 is 12.0 Å². The van der Waals surface area contributed by atoms with Gasteiger partial charge < -0.3 is 5.11 Å². The van der Waals surface area contributed by atoms with Crippen LogP contribution in [0.4, 0.5) is 0 Å². The van der Waals surface area contributed by atoms with Crippen molar-refractivity contribution in [2.24, 2.45) is 4.99 Å². The van der Waals surface area contributed by atoms with Crippen molar-refractivity contribution in [3.63, 3.8) is 0 Å². The molecule has 1 atom stereocenters. The molecule has 1 N–H and O–H groups in total. The summed E-state index contributed by atoms with van der Waals surface area (Å²) in [6.07, 6.45) is 8.65. The van der Waals surface area contributed by atoms with E-state index >= 15 is 0 Å². The molecule has 0 bridgehead atoms. The Labute approximate surface area is 96.2 Å². The summed E-state index contributed by atoms with van der Waals surface area (Å²) in [6, 6.07) is -0.713. The summed E-state index contributed by atoms with van der Waals surface area (Å²) in [4.78, 5) is 14.4. The van der Waals surface area contributed by atoms with Crippen molar-refractivity contribution in [1.82, 2.24) is 0 Å². The summed E-state index contributed by atoms with van der Waals surface area (Å²) in [5.74, 6) is -0.931. The maximum absolute atomic E-state index is 10.5. The van der Waals surface area contributed by atoms with Crippen LogP contribution < -0.4 is 0 Å². The van der Waals surface area contributed by atoms with Crippen LogP contribution in [0.1, 0.15) is 13.8 Å². The van der Waals surface area contributed by atoms with E-state index in [4.69, 9.17) is 5.11 Å². The molecule has 16 heavy (non-hydrogen) atoms. The SMILES string of the molecule is C=CC(=C)C=CC=C(C)C=N[C@@H](C)C(=O)O. The summed E-state index contributed by atoms with van der Waals surface area (Å²) in [5.41, 5.74) is 1.70. The van der Waals surface area contributed by atoms with Gasteiger partial charge in [-0.25, -0.2) is 4.79 Å². The molecule has 0 amide bonds. The Balaban J connectivity index is 4.35. The standard InChI is InChI=1S/C13H17NO2/c1-5-10(2)7-6-8-11(3)9-14-12(4)13(15)16/h5-9,12H,1-2H2,3-4H3,(H,15,16)/t12-/m0/s1. The van der Waals surface area contributed by atoms with Gasteiger partial charge in [0.15, 0.2) is 0 Å². The Morgan fingerprint density at radius 1 is 1.50 bits per heavy atom. The highest BCUT2D eigenvalue weighted by Crippen LogP contribution is 1.97. The van der Waals surface area contributed by atoms with Crippen molar-refractivity contribution in [2.75, 3.05) is 0 Å². The smallest absolute Gasteiger partial charge is 0.328 e. The zero-order valence-electron chi connectivity index (χ0n) is 9.68. The van der Waals surface area contributed by atoms with Crippen molar-refractivity contribution in [3.8, 4) is 0 Å². The van der Waals surface area contributed by atoms with Gasteiger partial charge in [-0.1, -0.05) is 37.5 Å². The van der Waals surface area contributed by atoms with E-state index in [1.54, 1.807) is 12.3 Å². The molecule has 0 aliphatic carbocycles. The van der Waals surface area contributed by atoms with Gasteiger partial charge in [0.05, 0.1) is 0 Å². The van der Waals surface area contributed by atoms with Crippen LogP contribution >= 0.6 is 0 Å². The van der Waals surface area contributed by atoms with Gasteiger partial charge in [0.2, 0.25) is 0 Å². The van der Waals surface area contributed by atoms with Gasteiger partial charge >= 0.3 is 5.97 Å². The molecule has 0 heterocycles. The maximum Gasteiger partial charge on any atom is 0.328 e. The molecular formula is C13H17NO2. The Morgan fingerprint density at radius 2 is 2.12 bits per heavy atom. The predicted molar refractivity (Wildman–Crippen MR) is 67.8 cm³/mol. The van der Waals surface area contributed by atoms with E-state index in [0.29, 0.717) is 0 Å². The highest BCUT2D eigenvalue weighted by atomic mass is 16.4. The van der Waals surface area contributed by atoms with E-state index in [1.807, 2.05) is 25.2 Å². The summed E-state index contributed by atoms with van der Waals surface area (Å²) in [6.45, 7) is 10.7. The van der Waals surface area contributed by atoms with Crippen molar-refractivity contribution < 1.29 is 9.90 Å². The highest BCUT2D eigenvalue weighted by molar-refractivity contribution is 5.82. The van der Waals surface area contributed by atoms with E-state index in [-0.39, 0.29) is 0 Å². The van der Waals surface area contributed by atoms with Crippen LogP contribution in [-0.2, 0) is 4.79 Å². The van der Waals surface area contributed by atoms with Gasteiger partial charge in [-0.05, 0) is 25.0 Å². The minimum atomic E-state index is -0.931. The molecule has 0 spiro atoms. The third-order valence-electron chi connectivity index (χ3n) is 1.79. The number of allylic oxidation sites excluding steroid dienone is 6. The first kappa shape index (κ1) is 14.1. The van der Waals surface area contributed by atoms with Crippen molar-refractivity contribution >= 4 is 12.2 Å². The predicted octanol–water partition coefficient (Wildman–Crippen LogP) is 2.78. The zero-order chi connectivity index (χ0) is 12.6. The van der Waals surface area contributed by atoms with Crippen molar-refractivity contribution in [1.29, 1.82) is 0 Å². The fourth-order valence-electron chi connectivity index (χ4n) is 0.728. The summed E-state index contributed by atoms with van der Waals surface area (Å²) < 4.78 is 0. The average Bonchev–Trinajstić information content (AvgIpc) is 2.25. The molecule has 3 heteroatoms. The van der Waals surface area contributed by atoms with Crippen molar-refractivity contribution in [3.05, 3.63) is 48.6 Å². The third-order valence-corrected chi connectivity index (χ3v) is 1.79. The lowest BCUT2D eigenvalue weighted by molar-refractivity contribution is -0.137. The topological polar surface area (TPSA) is 49.7 Å². The average molecular weight is 219 g/mol. The molecule has 0 radical (unpaired) electrons. The third kappa shape index (κ3) is 6.54. The first-order valence-corrected chi connectivity index (χ1v) is 4.89. The van der Waals surface area contributed by atoms with Gasteiger partial charge in [-0.2, -0.15) is 0 Å². The van der Waals surface area contributed by atoms with E-state index in [1.165, 1.54) is 6.92 Å². The van der Waals surface area contributed by atoms with Crippen LogP contribution in [0.25, 0.3) is 0 Å². The molecule has 0 unspecified atom stereocenters. The fraction of sp³-hybridized carbons (Fsp3) is 0.231. The lowest BCUT2D eigenvalue weighted by Gasteiger charge is -1.97. The van der Waals surface area contributed by atoms with Crippen LogP contribution in [0.3, 0.4) is 0 Å². The van der Waals surface area contributed by atoms with Crippen LogP contribution in [0.15, 0.2) is 53.6 Å². The van der Waals surface area contributed by atoms with Gasteiger partial charge in [0.1, 0.15) is 6.04 Å². The number of aliphatic carboxylic acids is 1. The number of carbonyl (C=O) groups is 1. The Morgan fingerprint density at radius 3 is 2.62 bits per heavy atom. The van der Waals surface area contributed by atoms with E-state index in [0.717, 1.165) is 11.1 Å². The van der Waals surface area contributed by atoms with E-state index in [9.17, 15) is 4.79 Å². The zero-order valence-corrected chi connectivity index (χ0v) is 9.68. The number of nitrogens with zero attached hydrogens (tertiary/aromatic N) is 1. The number of rotatable bonds is 6. The summed E-state index contributed by atoms with van der Waals surface area (Å²) in [7, 11) is 0. The first-order valence-electron chi connectivity index (χ1n) is 4.89. The second kappa shape index (κ2) is 7.40. The molecule has 0 fully saturated rings. The fourth-order valence-corrected chi connectivity index (χ4v) is 0.728. The van der Waals surface area contributed by atoms with E-state index in [2.05, 4.69) is 18.2 Å². The second-order valence-corrected chi connectivity index (χ2v) is 3.34. The Hall–Kier alpha value is -1.90. The lowest BCUT2D eigenvalue weighted by atomic mass is 10.2. The molecule has 0 rings (SSSR count). The second-order valence-electron chi connectivity index (χ2n) is 3.34. The van der Waals surface area contributed by atoms with Gasteiger partial charge in [0, 0.05) is 6.21 Å². The number of carboxylic acid groups (broad SMARTS) is 1. The molecule has 0 aromatic heterocycles. The molecule has 0 saturated carbocycles. The number of carboxylic acids is 1. The Kier molecular flexibility index (Phi) is 6.52. The maximum atomic E-state index is 10.5. The molecule has 3 nitrogen and oxygen atoms in total. The van der Waals surface area contributed by atoms with Crippen molar-refractivity contribution in [2.45, 2.75) is 19.9 Å². The monoisotopic (exact) mass is 219 g/mol. The summed E-state index contributed by atoms with van der Waals surface area (Å²) >= 11 is 0. The number of aliphatic imine (C=N–C) groups is 1. The normalized spacial score (nSPS) is 14.2. The minimum absolute atomic E-state index is 0.713. The quantitative estimate of drug-likeness (QED) is 0.551. The molecule has 0 saturated heterocycles. The minimum Gasteiger partial charge on any atom is -0.480 e.